The fourth-order valence-corrected chi connectivity index (χ4v) is 4.07. The maximum Gasteiger partial charge on any atom is 0.263 e. The van der Waals surface area contributed by atoms with E-state index in [2.05, 4.69) is 31.0 Å². The van der Waals surface area contributed by atoms with Gasteiger partial charge in [-0.2, -0.15) is 0 Å². The van der Waals surface area contributed by atoms with Crippen LogP contribution < -0.4 is 15.6 Å². The minimum atomic E-state index is -0.127. The van der Waals surface area contributed by atoms with Crippen LogP contribution in [0.15, 0.2) is 53.5 Å². The van der Waals surface area contributed by atoms with Gasteiger partial charge >= 0.3 is 0 Å². The molecule has 0 unspecified atom stereocenters. The van der Waals surface area contributed by atoms with Crippen molar-refractivity contribution in [1.29, 1.82) is 0 Å². The number of hydrogen-bond donors (Lipinski definition) is 1. The fraction of sp³-hybridized carbons (Fsp3) is 0.407. The van der Waals surface area contributed by atoms with E-state index < -0.39 is 0 Å². The highest BCUT2D eigenvalue weighted by molar-refractivity contribution is 5.95. The number of amides is 1. The summed E-state index contributed by atoms with van der Waals surface area (Å²) in [5.74, 6) is 0.595. The van der Waals surface area contributed by atoms with Gasteiger partial charge in [0.25, 0.3) is 11.5 Å². The molecule has 0 radical (unpaired) electrons. The van der Waals surface area contributed by atoms with Crippen molar-refractivity contribution in [3.63, 3.8) is 0 Å². The number of aromatic nitrogens is 1. The van der Waals surface area contributed by atoms with Gasteiger partial charge in [0.05, 0.1) is 11.1 Å². The van der Waals surface area contributed by atoms with Crippen LogP contribution in [0.1, 0.15) is 49.5 Å². The number of hydrogen-bond acceptors (Lipinski definition) is 4. The minimum absolute atomic E-state index is 0.0919. The number of likely N-dealkylation sites (N-methyl/N-ethyl adjacent to an activating group) is 1. The highest BCUT2D eigenvalue weighted by atomic mass is 16.5. The van der Waals surface area contributed by atoms with E-state index in [0.717, 1.165) is 36.9 Å². The number of benzene rings is 2. The number of ether oxygens (including phenoxy) is 1. The van der Waals surface area contributed by atoms with E-state index in [-0.39, 0.29) is 17.5 Å². The van der Waals surface area contributed by atoms with Gasteiger partial charge in [-0.25, -0.2) is 0 Å². The largest absolute Gasteiger partial charge is 0.492 e. The van der Waals surface area contributed by atoms with Crippen molar-refractivity contribution in [3.8, 4) is 11.4 Å². The van der Waals surface area contributed by atoms with Gasteiger partial charge in [0.15, 0.2) is 0 Å². The quantitative estimate of drug-likeness (QED) is 0.531. The Morgan fingerprint density at radius 1 is 1.18 bits per heavy atom. The lowest BCUT2D eigenvalue weighted by molar-refractivity contribution is 0.0951. The molecule has 0 spiro atoms. The van der Waals surface area contributed by atoms with Crippen molar-refractivity contribution >= 4 is 16.7 Å². The summed E-state index contributed by atoms with van der Waals surface area (Å²) in [4.78, 5) is 28.3. The molecule has 1 N–H and O–H groups in total. The van der Waals surface area contributed by atoms with E-state index in [1.165, 1.54) is 0 Å². The molecule has 2 aromatic carbocycles. The predicted molar refractivity (Wildman–Crippen MR) is 133 cm³/mol. The first-order valence-electron chi connectivity index (χ1n) is 11.8. The summed E-state index contributed by atoms with van der Waals surface area (Å²) in [5.41, 5.74) is 2.09. The second-order valence-electron chi connectivity index (χ2n) is 9.06. The van der Waals surface area contributed by atoms with Gasteiger partial charge < -0.3 is 10.1 Å². The Labute approximate surface area is 195 Å². The van der Waals surface area contributed by atoms with Crippen LogP contribution in [0.3, 0.4) is 0 Å². The van der Waals surface area contributed by atoms with E-state index in [9.17, 15) is 9.59 Å². The van der Waals surface area contributed by atoms with Crippen LogP contribution in [0.4, 0.5) is 0 Å². The molecule has 0 saturated heterocycles. The molecule has 1 saturated carbocycles. The number of fused-ring (bicyclic) bond motifs is 1. The van der Waals surface area contributed by atoms with Gasteiger partial charge in [0, 0.05) is 30.4 Å². The number of pyridine rings is 1. The minimum Gasteiger partial charge on any atom is -0.492 e. The Morgan fingerprint density at radius 2 is 1.97 bits per heavy atom. The maximum atomic E-state index is 13.4. The van der Waals surface area contributed by atoms with E-state index >= 15 is 0 Å². The first-order chi connectivity index (χ1) is 15.9. The second-order valence-corrected chi connectivity index (χ2v) is 9.06. The number of nitrogens with one attached hydrogen (secondary N) is 1. The zero-order valence-electron chi connectivity index (χ0n) is 19.9. The highest BCUT2D eigenvalue weighted by Crippen LogP contribution is 2.22. The normalized spacial score (nSPS) is 13.6. The summed E-state index contributed by atoms with van der Waals surface area (Å²) in [6, 6.07) is 13.8. The zero-order chi connectivity index (χ0) is 23.5. The molecule has 6 nitrogen and oxygen atoms in total. The van der Waals surface area contributed by atoms with Crippen LogP contribution in [0.25, 0.3) is 16.5 Å². The standard InChI is InChI=1S/C27H33N3O3/c1-5-29(18(2)3)14-15-33-23-11-8-20-12-13-30(27(32)24(20)17-23)25-16-21(7-6-19(25)4)26(31)28-22-9-10-22/h6-8,11-13,16-18,22H,5,9-10,14-15H2,1-4H3,(H,28,31). The SMILES string of the molecule is CCN(CCOc1ccc2ccn(-c3cc(C(=O)NC4CC4)ccc3C)c(=O)c2c1)C(C)C. The Bertz CT molecular complexity index is 1210. The lowest BCUT2D eigenvalue weighted by atomic mass is 10.1. The van der Waals surface area contributed by atoms with Crippen LogP contribution in [0, 0.1) is 6.92 Å². The number of nitrogens with zero attached hydrogens (tertiary/aromatic N) is 2. The Morgan fingerprint density at radius 3 is 2.67 bits per heavy atom. The topological polar surface area (TPSA) is 63.6 Å². The van der Waals surface area contributed by atoms with E-state index in [4.69, 9.17) is 4.74 Å². The van der Waals surface area contributed by atoms with Crippen molar-refractivity contribution in [1.82, 2.24) is 14.8 Å². The van der Waals surface area contributed by atoms with E-state index in [0.29, 0.717) is 35.0 Å². The summed E-state index contributed by atoms with van der Waals surface area (Å²) < 4.78 is 7.59. The third kappa shape index (κ3) is 5.28. The molecule has 1 fully saturated rings. The lowest BCUT2D eigenvalue weighted by Crippen LogP contribution is -2.34. The molecule has 33 heavy (non-hydrogen) atoms. The van der Waals surface area contributed by atoms with Crippen LogP contribution in [0.2, 0.25) is 0 Å². The molecule has 6 heteroatoms. The van der Waals surface area contributed by atoms with E-state index in [1.54, 1.807) is 16.8 Å². The molecule has 1 heterocycles. The summed E-state index contributed by atoms with van der Waals surface area (Å²) in [7, 11) is 0. The summed E-state index contributed by atoms with van der Waals surface area (Å²) >= 11 is 0. The van der Waals surface area contributed by atoms with E-state index in [1.807, 2.05) is 43.3 Å². The van der Waals surface area contributed by atoms with Crippen molar-refractivity contribution < 1.29 is 9.53 Å². The monoisotopic (exact) mass is 447 g/mol. The second kappa shape index (κ2) is 9.79. The molecule has 0 aliphatic heterocycles. The average Bonchev–Trinajstić information content (AvgIpc) is 3.61. The smallest absolute Gasteiger partial charge is 0.263 e. The summed E-state index contributed by atoms with van der Waals surface area (Å²) in [6.45, 7) is 10.8. The molecule has 0 atom stereocenters. The third-order valence-corrected chi connectivity index (χ3v) is 6.30. The number of aryl methyl sites for hydroxylation is 1. The maximum absolute atomic E-state index is 13.4. The molecule has 0 bridgehead atoms. The number of carbonyl (C=O) groups excluding carboxylic acids is 1. The molecule has 1 aromatic heterocycles. The Hall–Kier alpha value is -3.12. The van der Waals surface area contributed by atoms with Crippen LogP contribution in [-0.4, -0.2) is 47.2 Å². The van der Waals surface area contributed by atoms with Crippen molar-refractivity contribution in [2.75, 3.05) is 19.7 Å². The van der Waals surface area contributed by atoms with Crippen LogP contribution in [0.5, 0.6) is 5.75 Å². The predicted octanol–water partition coefficient (Wildman–Crippen LogP) is 4.30. The van der Waals surface area contributed by atoms with Crippen LogP contribution >= 0.6 is 0 Å². The van der Waals surface area contributed by atoms with Gasteiger partial charge in [0.2, 0.25) is 0 Å². The molecular formula is C27H33N3O3. The zero-order valence-corrected chi connectivity index (χ0v) is 19.9. The lowest BCUT2D eigenvalue weighted by Gasteiger charge is -2.24. The van der Waals surface area contributed by atoms with Gasteiger partial charge in [-0.3, -0.25) is 19.1 Å². The first-order valence-corrected chi connectivity index (χ1v) is 11.8. The molecule has 1 aliphatic rings. The van der Waals surface area contributed by atoms with Gasteiger partial charge in [-0.15, -0.1) is 0 Å². The molecule has 174 valence electrons. The summed E-state index contributed by atoms with van der Waals surface area (Å²) in [6.07, 6.45) is 3.84. The van der Waals surface area contributed by atoms with Crippen molar-refractivity contribution in [2.45, 2.75) is 52.6 Å². The van der Waals surface area contributed by atoms with Gasteiger partial charge in [-0.05, 0) is 81.4 Å². The van der Waals surface area contributed by atoms with Crippen molar-refractivity contribution in [2.24, 2.45) is 0 Å². The average molecular weight is 448 g/mol. The molecule has 1 aliphatic carbocycles. The summed E-state index contributed by atoms with van der Waals surface area (Å²) in [5, 5.41) is 4.47. The van der Waals surface area contributed by atoms with Crippen LogP contribution in [-0.2, 0) is 0 Å². The third-order valence-electron chi connectivity index (χ3n) is 6.30. The number of rotatable bonds is 9. The fourth-order valence-electron chi connectivity index (χ4n) is 4.07. The first kappa shape index (κ1) is 23.1. The molecule has 3 aromatic rings. The Kier molecular flexibility index (Phi) is 6.84. The molecular weight excluding hydrogens is 414 g/mol. The van der Waals surface area contributed by atoms with Gasteiger partial charge in [-0.1, -0.05) is 19.1 Å². The Balaban J connectivity index is 1.61. The van der Waals surface area contributed by atoms with Crippen molar-refractivity contribution in [3.05, 3.63) is 70.1 Å². The highest BCUT2D eigenvalue weighted by Gasteiger charge is 2.24. The number of carbonyl (C=O) groups is 1. The molecule has 4 rings (SSSR count). The molecule has 1 amide bonds. The van der Waals surface area contributed by atoms with Gasteiger partial charge in [0.1, 0.15) is 12.4 Å².